The summed E-state index contributed by atoms with van der Waals surface area (Å²) in [5, 5.41) is 3.59. The zero-order valence-corrected chi connectivity index (χ0v) is 12.8. The summed E-state index contributed by atoms with van der Waals surface area (Å²) in [7, 11) is 0. The molecule has 0 aliphatic heterocycles. The van der Waals surface area contributed by atoms with Gasteiger partial charge in [0.25, 0.3) is 5.91 Å². The molecule has 7 heteroatoms. The molecule has 0 unspecified atom stereocenters. The first-order valence-electron chi connectivity index (χ1n) is 5.36. The van der Waals surface area contributed by atoms with Crippen molar-refractivity contribution in [1.29, 1.82) is 0 Å². The van der Waals surface area contributed by atoms with Gasteiger partial charge in [-0.3, -0.25) is 4.79 Å². The highest BCUT2D eigenvalue weighted by Gasteiger charge is 2.18. The highest BCUT2D eigenvalue weighted by atomic mass is 35.5. The van der Waals surface area contributed by atoms with E-state index >= 15 is 0 Å². The van der Waals surface area contributed by atoms with Gasteiger partial charge in [0, 0.05) is 15.7 Å². The molecule has 0 heterocycles. The highest BCUT2D eigenvalue weighted by Crippen LogP contribution is 2.33. The van der Waals surface area contributed by atoms with E-state index in [1.165, 1.54) is 12.1 Å². The number of amides is 1. The van der Waals surface area contributed by atoms with E-state index in [-0.39, 0.29) is 16.3 Å². The molecule has 20 heavy (non-hydrogen) atoms. The van der Waals surface area contributed by atoms with Gasteiger partial charge in [0.15, 0.2) is 5.75 Å². The molecule has 0 fully saturated rings. The van der Waals surface area contributed by atoms with Crippen molar-refractivity contribution in [3.63, 3.8) is 0 Å². The molecule has 0 aliphatic carbocycles. The smallest absolute Gasteiger partial charge is 0.259 e. The minimum Gasteiger partial charge on any atom is -0.383 e. The van der Waals surface area contributed by atoms with Crippen LogP contribution in [0.2, 0.25) is 15.1 Å². The summed E-state index contributed by atoms with van der Waals surface area (Å²) in [5.74, 6) is -0.426. The molecule has 0 atom stereocenters. The fraction of sp³-hybridized carbons (Fsp3) is 0. The number of anilines is 1. The van der Waals surface area contributed by atoms with Gasteiger partial charge in [0.2, 0.25) is 0 Å². The Bertz CT molecular complexity index is 661. The van der Waals surface area contributed by atoms with Gasteiger partial charge >= 0.3 is 0 Å². The average molecular weight is 351 g/mol. The van der Waals surface area contributed by atoms with Crippen LogP contribution in [0.4, 0.5) is 5.69 Å². The van der Waals surface area contributed by atoms with Crippen molar-refractivity contribution >= 4 is 58.3 Å². The van der Waals surface area contributed by atoms with Gasteiger partial charge in [-0.05, 0) is 30.3 Å². The van der Waals surface area contributed by atoms with Gasteiger partial charge in [-0.25, -0.2) is 0 Å². The minimum atomic E-state index is -0.465. The third-order valence-corrected chi connectivity index (χ3v) is 3.30. The van der Waals surface area contributed by atoms with Gasteiger partial charge in [-0.15, -0.1) is 0 Å². The maximum Gasteiger partial charge on any atom is 0.259 e. The topological polar surface area (TPSA) is 38.3 Å². The zero-order valence-electron chi connectivity index (χ0n) is 9.79. The van der Waals surface area contributed by atoms with Crippen molar-refractivity contribution in [2.45, 2.75) is 0 Å². The Morgan fingerprint density at radius 2 is 1.80 bits per heavy atom. The first kappa shape index (κ1) is 15.3. The lowest BCUT2D eigenvalue weighted by Gasteiger charge is -2.10. The predicted molar refractivity (Wildman–Crippen MR) is 82.3 cm³/mol. The molecule has 0 spiro atoms. The monoisotopic (exact) mass is 349 g/mol. The molecule has 3 nitrogen and oxygen atoms in total. The second kappa shape index (κ2) is 6.55. The zero-order chi connectivity index (χ0) is 14.7. The highest BCUT2D eigenvalue weighted by molar-refractivity contribution is 6.37. The van der Waals surface area contributed by atoms with E-state index in [1.54, 1.807) is 24.3 Å². The lowest BCUT2D eigenvalue weighted by molar-refractivity contribution is 0.102. The maximum absolute atomic E-state index is 12.2. The number of nitrogens with one attached hydrogen (secondary N) is 1. The molecule has 0 radical (unpaired) electrons. The van der Waals surface area contributed by atoms with Crippen LogP contribution in [-0.4, -0.2) is 5.91 Å². The molecule has 0 saturated carbocycles. The number of hydrogen-bond acceptors (Lipinski definition) is 2. The van der Waals surface area contributed by atoms with Crippen LogP contribution in [0.5, 0.6) is 5.75 Å². The van der Waals surface area contributed by atoms with E-state index < -0.39 is 5.91 Å². The normalized spacial score (nSPS) is 10.2. The summed E-state index contributed by atoms with van der Waals surface area (Å²) in [6.45, 7) is 0. The van der Waals surface area contributed by atoms with E-state index in [2.05, 4.69) is 9.61 Å². The number of carbonyl (C=O) groups excluding carboxylic acids is 1. The van der Waals surface area contributed by atoms with Gasteiger partial charge in [0.05, 0.1) is 10.6 Å². The SMILES string of the molecule is O=C(Nc1cccc(Cl)c1)c1cc(Cl)cc(Cl)c1OCl. The molecule has 0 aromatic heterocycles. The van der Waals surface area contributed by atoms with Gasteiger partial charge in [0.1, 0.15) is 11.9 Å². The number of rotatable bonds is 3. The van der Waals surface area contributed by atoms with Crippen LogP contribution < -0.4 is 9.61 Å². The van der Waals surface area contributed by atoms with Crippen molar-refractivity contribution in [1.82, 2.24) is 0 Å². The van der Waals surface area contributed by atoms with E-state index in [0.717, 1.165) is 0 Å². The molecule has 2 rings (SSSR count). The second-order valence-corrected chi connectivity index (χ2v) is 5.24. The van der Waals surface area contributed by atoms with Crippen LogP contribution in [0.15, 0.2) is 36.4 Å². The van der Waals surface area contributed by atoms with Crippen molar-refractivity contribution in [2.75, 3.05) is 5.32 Å². The van der Waals surface area contributed by atoms with E-state index in [9.17, 15) is 4.79 Å². The second-order valence-electron chi connectivity index (χ2n) is 3.81. The molecule has 2 aromatic carbocycles. The van der Waals surface area contributed by atoms with E-state index in [0.29, 0.717) is 15.7 Å². The third-order valence-electron chi connectivity index (χ3n) is 2.41. The number of carbonyl (C=O) groups is 1. The Labute approximate surface area is 135 Å². The molecular formula is C13H7Cl4NO2. The average Bonchev–Trinajstić information content (AvgIpc) is 2.37. The largest absolute Gasteiger partial charge is 0.383 e. The Balaban J connectivity index is 2.34. The van der Waals surface area contributed by atoms with Crippen LogP contribution in [-0.2, 0) is 0 Å². The van der Waals surface area contributed by atoms with Crippen LogP contribution >= 0.6 is 46.7 Å². The minimum absolute atomic E-state index is 0.0391. The standard InChI is InChI=1S/C13H7Cl4NO2/c14-7-2-1-3-9(4-7)18-13(19)10-5-8(15)6-11(16)12(10)20-17/h1-6H,(H,18,19). The quantitative estimate of drug-likeness (QED) is 0.801. The lowest BCUT2D eigenvalue weighted by atomic mass is 10.2. The molecule has 0 aliphatic rings. The summed E-state index contributed by atoms with van der Waals surface area (Å²) in [4.78, 5) is 12.2. The van der Waals surface area contributed by atoms with Crippen LogP contribution in [0, 0.1) is 0 Å². The lowest BCUT2D eigenvalue weighted by Crippen LogP contribution is -2.13. The Hall–Kier alpha value is -1.13. The van der Waals surface area contributed by atoms with Gasteiger partial charge in [-0.1, -0.05) is 40.9 Å². The number of halogens is 4. The Morgan fingerprint density at radius 3 is 2.45 bits per heavy atom. The Morgan fingerprint density at radius 1 is 1.05 bits per heavy atom. The van der Waals surface area contributed by atoms with Crippen molar-refractivity contribution in [2.24, 2.45) is 0 Å². The molecular weight excluding hydrogens is 344 g/mol. The molecule has 1 N–H and O–H groups in total. The van der Waals surface area contributed by atoms with Crippen molar-refractivity contribution in [3.8, 4) is 5.75 Å². The summed E-state index contributed by atoms with van der Waals surface area (Å²) < 4.78 is 4.61. The van der Waals surface area contributed by atoms with Crippen LogP contribution in [0.1, 0.15) is 10.4 Å². The summed E-state index contributed by atoms with van der Waals surface area (Å²) in [6.07, 6.45) is 0. The maximum atomic E-state index is 12.2. The molecule has 0 bridgehead atoms. The summed E-state index contributed by atoms with van der Waals surface area (Å²) in [5.41, 5.74) is 0.650. The fourth-order valence-electron chi connectivity index (χ4n) is 1.57. The first-order chi connectivity index (χ1) is 9.51. The predicted octanol–water partition coefficient (Wildman–Crippen LogP) is 5.43. The third kappa shape index (κ3) is 3.49. The summed E-state index contributed by atoms with van der Waals surface area (Å²) in [6, 6.07) is 9.54. The van der Waals surface area contributed by atoms with Crippen molar-refractivity contribution in [3.05, 3.63) is 57.0 Å². The van der Waals surface area contributed by atoms with Gasteiger partial charge in [-0.2, -0.15) is 0 Å². The molecule has 0 saturated heterocycles. The Kier molecular flexibility index (Phi) is 5.00. The summed E-state index contributed by atoms with van der Waals surface area (Å²) >= 11 is 23.0. The number of benzene rings is 2. The van der Waals surface area contributed by atoms with Gasteiger partial charge < -0.3 is 9.61 Å². The number of hydrogen-bond donors (Lipinski definition) is 1. The molecule has 104 valence electrons. The first-order valence-corrected chi connectivity index (χ1v) is 6.80. The van der Waals surface area contributed by atoms with E-state index in [4.69, 9.17) is 46.7 Å². The fourth-order valence-corrected chi connectivity index (χ4v) is 2.50. The van der Waals surface area contributed by atoms with Crippen LogP contribution in [0.25, 0.3) is 0 Å². The molecule has 1 amide bonds. The molecule has 2 aromatic rings. The van der Waals surface area contributed by atoms with Crippen LogP contribution in [0.3, 0.4) is 0 Å². The van der Waals surface area contributed by atoms with E-state index in [1.807, 2.05) is 0 Å². The van der Waals surface area contributed by atoms with Crippen molar-refractivity contribution < 1.29 is 9.08 Å².